The second-order valence-electron chi connectivity index (χ2n) is 9.90. The molecule has 192 valence electrons. The summed E-state index contributed by atoms with van der Waals surface area (Å²) in [6.45, 7) is 6.00. The average molecular weight is 504 g/mol. The van der Waals surface area contributed by atoms with Crippen LogP contribution in [0.2, 0.25) is 0 Å². The number of aromatic nitrogens is 3. The molecular formula is C29H31F2N5O. The summed E-state index contributed by atoms with van der Waals surface area (Å²) in [4.78, 5) is 24.0. The van der Waals surface area contributed by atoms with Crippen LogP contribution in [0.3, 0.4) is 0 Å². The molecular weight excluding hydrogens is 472 g/mol. The number of hydrogen-bond acceptors (Lipinski definition) is 5. The normalized spacial score (nSPS) is 16.5. The Bertz CT molecular complexity index is 1440. The molecule has 37 heavy (non-hydrogen) atoms. The van der Waals surface area contributed by atoms with Gasteiger partial charge in [0.1, 0.15) is 5.65 Å². The molecule has 1 saturated heterocycles. The molecule has 2 aromatic heterocycles. The number of anilines is 1. The Hall–Kier alpha value is -3.65. The Kier molecular flexibility index (Phi) is 7.02. The molecule has 4 aromatic rings. The molecule has 1 N–H and O–H groups in total. The molecule has 8 heteroatoms. The lowest BCUT2D eigenvalue weighted by atomic mass is 10.0. The highest BCUT2D eigenvalue weighted by molar-refractivity contribution is 5.75. The molecule has 1 aliphatic rings. The van der Waals surface area contributed by atoms with Crippen molar-refractivity contribution in [1.82, 2.24) is 19.4 Å². The van der Waals surface area contributed by atoms with Crippen molar-refractivity contribution >= 4 is 17.0 Å². The van der Waals surface area contributed by atoms with Gasteiger partial charge < -0.3 is 5.32 Å². The first-order valence-corrected chi connectivity index (χ1v) is 12.6. The number of hydrogen-bond donors (Lipinski definition) is 1. The molecule has 1 fully saturated rings. The van der Waals surface area contributed by atoms with E-state index in [4.69, 9.17) is 4.98 Å². The Morgan fingerprint density at radius 1 is 1.00 bits per heavy atom. The van der Waals surface area contributed by atoms with Crippen LogP contribution in [0.5, 0.6) is 0 Å². The van der Waals surface area contributed by atoms with E-state index in [9.17, 15) is 13.6 Å². The van der Waals surface area contributed by atoms with E-state index in [0.29, 0.717) is 37.8 Å². The summed E-state index contributed by atoms with van der Waals surface area (Å²) in [6.07, 6.45) is 1.59. The minimum atomic E-state index is -2.53. The molecule has 0 spiro atoms. The van der Waals surface area contributed by atoms with Gasteiger partial charge in [-0.05, 0) is 42.2 Å². The van der Waals surface area contributed by atoms with E-state index in [1.165, 1.54) is 0 Å². The molecule has 6 nitrogen and oxygen atoms in total. The molecule has 2 aromatic carbocycles. The first-order chi connectivity index (χ1) is 17.8. The van der Waals surface area contributed by atoms with E-state index >= 15 is 0 Å². The van der Waals surface area contributed by atoms with E-state index < -0.39 is 5.92 Å². The largest absolute Gasteiger partial charge is 0.348 e. The minimum Gasteiger partial charge on any atom is -0.348 e. The maximum atomic E-state index is 13.4. The maximum absolute atomic E-state index is 13.4. The zero-order valence-corrected chi connectivity index (χ0v) is 21.1. The van der Waals surface area contributed by atoms with E-state index in [1.54, 1.807) is 22.9 Å². The number of nitrogens with zero attached hydrogens (tertiary/aromatic N) is 4. The fraction of sp³-hybridized carbons (Fsp3) is 0.345. The van der Waals surface area contributed by atoms with Crippen LogP contribution in [-0.4, -0.2) is 38.4 Å². The topological polar surface area (TPSA) is 63.1 Å². The predicted octanol–water partition coefficient (Wildman–Crippen LogP) is 5.55. The zero-order chi connectivity index (χ0) is 26.0. The lowest BCUT2D eigenvalue weighted by molar-refractivity contribution is -0.0566. The number of benzene rings is 2. The third-order valence-electron chi connectivity index (χ3n) is 7.13. The molecule has 0 radical (unpaired) electrons. The monoisotopic (exact) mass is 503 g/mol. The number of halogens is 2. The van der Waals surface area contributed by atoms with Crippen molar-refractivity contribution < 1.29 is 8.78 Å². The van der Waals surface area contributed by atoms with E-state index in [2.05, 4.69) is 15.2 Å². The molecule has 3 heterocycles. The Balaban J connectivity index is 1.30. The van der Waals surface area contributed by atoms with Crippen molar-refractivity contribution in [2.75, 3.05) is 18.4 Å². The van der Waals surface area contributed by atoms with Gasteiger partial charge in [0, 0.05) is 50.1 Å². The lowest BCUT2D eigenvalue weighted by Gasteiger charge is -2.31. The third kappa shape index (κ3) is 5.85. The van der Waals surface area contributed by atoms with E-state index in [-0.39, 0.29) is 24.4 Å². The Morgan fingerprint density at radius 3 is 2.46 bits per heavy atom. The van der Waals surface area contributed by atoms with Gasteiger partial charge in [-0.25, -0.2) is 13.8 Å². The first kappa shape index (κ1) is 25.0. The number of aryl methyl sites for hydroxylation is 1. The summed E-state index contributed by atoms with van der Waals surface area (Å²) >= 11 is 0. The SMILES string of the molecule is Cc1ccccc1Cn1c(=O)ccc2cnc(N[C@@H](C)c3ccc(CN4CCC(F)(F)CC4)cc3)nc21. The molecule has 1 aliphatic heterocycles. The number of fused-ring (bicyclic) bond motifs is 1. The van der Waals surface area contributed by atoms with Crippen molar-refractivity contribution in [3.05, 3.63) is 99.5 Å². The average Bonchev–Trinajstić information content (AvgIpc) is 2.88. The summed E-state index contributed by atoms with van der Waals surface area (Å²) in [6, 6.07) is 19.4. The van der Waals surface area contributed by atoms with Crippen LogP contribution in [-0.2, 0) is 13.1 Å². The number of piperidine rings is 1. The van der Waals surface area contributed by atoms with Crippen molar-refractivity contribution in [1.29, 1.82) is 0 Å². The van der Waals surface area contributed by atoms with Gasteiger partial charge in [0.25, 0.3) is 11.5 Å². The number of likely N-dealkylation sites (tertiary alicyclic amines) is 1. The van der Waals surface area contributed by atoms with E-state index in [0.717, 1.165) is 27.6 Å². The lowest BCUT2D eigenvalue weighted by Crippen LogP contribution is -2.38. The molecule has 0 amide bonds. The number of nitrogens with one attached hydrogen (secondary N) is 1. The van der Waals surface area contributed by atoms with Gasteiger partial charge in [0.2, 0.25) is 5.95 Å². The van der Waals surface area contributed by atoms with Gasteiger partial charge in [-0.2, -0.15) is 4.98 Å². The fourth-order valence-electron chi connectivity index (χ4n) is 4.74. The minimum absolute atomic E-state index is 0.0690. The van der Waals surface area contributed by atoms with Crippen molar-refractivity contribution in [3.63, 3.8) is 0 Å². The summed E-state index contributed by atoms with van der Waals surface area (Å²) < 4.78 is 28.5. The van der Waals surface area contributed by atoms with Gasteiger partial charge in [-0.1, -0.05) is 48.5 Å². The number of rotatable bonds is 7. The Labute approximate surface area is 215 Å². The fourth-order valence-corrected chi connectivity index (χ4v) is 4.74. The van der Waals surface area contributed by atoms with Crippen LogP contribution in [0.4, 0.5) is 14.7 Å². The van der Waals surface area contributed by atoms with Gasteiger partial charge in [0.15, 0.2) is 0 Å². The van der Waals surface area contributed by atoms with Gasteiger partial charge >= 0.3 is 0 Å². The number of pyridine rings is 1. The van der Waals surface area contributed by atoms with Gasteiger partial charge in [0.05, 0.1) is 12.6 Å². The first-order valence-electron chi connectivity index (χ1n) is 12.6. The van der Waals surface area contributed by atoms with Crippen LogP contribution in [0.25, 0.3) is 11.0 Å². The summed E-state index contributed by atoms with van der Waals surface area (Å²) in [5.41, 5.74) is 4.82. The summed E-state index contributed by atoms with van der Waals surface area (Å²) in [7, 11) is 0. The van der Waals surface area contributed by atoms with Crippen LogP contribution in [0, 0.1) is 6.92 Å². The van der Waals surface area contributed by atoms with Crippen LogP contribution >= 0.6 is 0 Å². The highest BCUT2D eigenvalue weighted by Gasteiger charge is 2.33. The van der Waals surface area contributed by atoms with E-state index in [1.807, 2.05) is 62.4 Å². The molecule has 0 aliphatic carbocycles. The van der Waals surface area contributed by atoms with Gasteiger partial charge in [-0.15, -0.1) is 0 Å². The van der Waals surface area contributed by atoms with Crippen molar-refractivity contribution in [2.45, 2.75) is 51.7 Å². The zero-order valence-electron chi connectivity index (χ0n) is 21.1. The van der Waals surface area contributed by atoms with Crippen LogP contribution < -0.4 is 10.9 Å². The molecule has 0 bridgehead atoms. The second-order valence-corrected chi connectivity index (χ2v) is 9.90. The molecule has 5 rings (SSSR count). The quantitative estimate of drug-likeness (QED) is 0.358. The molecule has 0 unspecified atom stereocenters. The summed E-state index contributed by atoms with van der Waals surface area (Å²) in [5.74, 6) is -2.08. The highest BCUT2D eigenvalue weighted by atomic mass is 19.3. The standard InChI is InChI=1S/C29H31F2N5O/c1-20-5-3-4-6-25(20)19-36-26(37)12-11-24-17-32-28(34-27(24)36)33-21(2)23-9-7-22(8-10-23)18-35-15-13-29(30,31)14-16-35/h3-12,17,21H,13-16,18-19H2,1-2H3,(H,32,33,34)/t21-/m0/s1. The maximum Gasteiger partial charge on any atom is 0.252 e. The predicted molar refractivity (Wildman–Crippen MR) is 142 cm³/mol. The highest BCUT2D eigenvalue weighted by Crippen LogP contribution is 2.28. The number of alkyl halides is 2. The summed E-state index contributed by atoms with van der Waals surface area (Å²) in [5, 5.41) is 4.15. The molecule has 0 saturated carbocycles. The Morgan fingerprint density at radius 2 is 1.73 bits per heavy atom. The van der Waals surface area contributed by atoms with Crippen LogP contribution in [0.15, 0.2) is 71.7 Å². The third-order valence-corrected chi connectivity index (χ3v) is 7.13. The second kappa shape index (κ2) is 10.4. The smallest absolute Gasteiger partial charge is 0.252 e. The molecule has 1 atom stereocenters. The van der Waals surface area contributed by atoms with Crippen molar-refractivity contribution in [2.24, 2.45) is 0 Å². The van der Waals surface area contributed by atoms with Crippen LogP contribution in [0.1, 0.15) is 48.1 Å². The van der Waals surface area contributed by atoms with Gasteiger partial charge in [-0.3, -0.25) is 14.3 Å². The van der Waals surface area contributed by atoms with Crippen molar-refractivity contribution in [3.8, 4) is 0 Å².